The Bertz CT molecular complexity index is 612. The van der Waals surface area contributed by atoms with E-state index in [1.54, 1.807) is 6.20 Å². The molecule has 2 N–H and O–H groups in total. The Hall–Kier alpha value is -1.88. The zero-order valence-electron chi connectivity index (χ0n) is 11.0. The summed E-state index contributed by atoms with van der Waals surface area (Å²) in [6.45, 7) is 2.45. The van der Waals surface area contributed by atoms with Crippen molar-refractivity contribution in [3.05, 3.63) is 52.1 Å². The van der Waals surface area contributed by atoms with Gasteiger partial charge in [0.05, 0.1) is 16.8 Å². The van der Waals surface area contributed by atoms with Crippen molar-refractivity contribution in [3.8, 4) is 0 Å². The standard InChI is InChI=1S/C14H15ClFN3O/c1-9-10(8-18-19-9)4-3-7-17-14(20)11-5-2-6-12(16)13(11)15/h2,5-6,8H,3-4,7H2,1H3,(H,17,20)(H,18,19). The maximum atomic E-state index is 13.2. The van der Waals surface area contributed by atoms with Gasteiger partial charge in [-0.15, -0.1) is 0 Å². The molecule has 1 amide bonds. The lowest BCUT2D eigenvalue weighted by Gasteiger charge is -2.07. The van der Waals surface area contributed by atoms with Crippen molar-refractivity contribution in [2.45, 2.75) is 19.8 Å². The smallest absolute Gasteiger partial charge is 0.252 e. The highest BCUT2D eigenvalue weighted by atomic mass is 35.5. The maximum absolute atomic E-state index is 13.2. The molecule has 20 heavy (non-hydrogen) atoms. The van der Waals surface area contributed by atoms with E-state index in [1.165, 1.54) is 18.2 Å². The molecule has 0 saturated carbocycles. The Balaban J connectivity index is 1.84. The zero-order valence-corrected chi connectivity index (χ0v) is 11.8. The van der Waals surface area contributed by atoms with Crippen LogP contribution in [-0.2, 0) is 6.42 Å². The van der Waals surface area contributed by atoms with Gasteiger partial charge in [0.25, 0.3) is 5.91 Å². The lowest BCUT2D eigenvalue weighted by molar-refractivity contribution is 0.0953. The molecule has 1 aromatic heterocycles. The lowest BCUT2D eigenvalue weighted by Crippen LogP contribution is -2.25. The summed E-state index contributed by atoms with van der Waals surface area (Å²) in [6, 6.07) is 4.19. The molecule has 2 aromatic rings. The van der Waals surface area contributed by atoms with E-state index in [-0.39, 0.29) is 16.5 Å². The van der Waals surface area contributed by atoms with Crippen LogP contribution >= 0.6 is 11.6 Å². The van der Waals surface area contributed by atoms with Crippen LogP contribution < -0.4 is 5.32 Å². The van der Waals surface area contributed by atoms with E-state index in [9.17, 15) is 9.18 Å². The van der Waals surface area contributed by atoms with Crippen LogP contribution in [0.3, 0.4) is 0 Å². The number of halogens is 2. The predicted molar refractivity (Wildman–Crippen MR) is 75.4 cm³/mol. The van der Waals surface area contributed by atoms with Crippen molar-refractivity contribution in [2.24, 2.45) is 0 Å². The summed E-state index contributed by atoms with van der Waals surface area (Å²) in [5.41, 5.74) is 2.32. The van der Waals surface area contributed by atoms with Crippen LogP contribution in [-0.4, -0.2) is 22.6 Å². The molecule has 0 unspecified atom stereocenters. The molecule has 0 atom stereocenters. The van der Waals surface area contributed by atoms with Gasteiger partial charge in [-0.3, -0.25) is 9.89 Å². The van der Waals surface area contributed by atoms with Crippen LogP contribution in [0.15, 0.2) is 24.4 Å². The monoisotopic (exact) mass is 295 g/mol. The molecule has 1 heterocycles. The average molecular weight is 296 g/mol. The Kier molecular flexibility index (Phi) is 4.74. The van der Waals surface area contributed by atoms with E-state index in [2.05, 4.69) is 15.5 Å². The number of nitrogens with zero attached hydrogens (tertiary/aromatic N) is 1. The number of benzene rings is 1. The minimum atomic E-state index is -0.590. The first-order valence-corrected chi connectivity index (χ1v) is 6.68. The first-order valence-electron chi connectivity index (χ1n) is 6.30. The number of carbonyl (C=O) groups excluding carboxylic acids is 1. The van der Waals surface area contributed by atoms with E-state index in [1.807, 2.05) is 6.92 Å². The van der Waals surface area contributed by atoms with E-state index < -0.39 is 5.82 Å². The van der Waals surface area contributed by atoms with Gasteiger partial charge in [-0.2, -0.15) is 5.10 Å². The SMILES string of the molecule is Cc1[nH]ncc1CCCNC(=O)c1cccc(F)c1Cl. The van der Waals surface area contributed by atoms with Crippen LogP contribution in [0.25, 0.3) is 0 Å². The third-order valence-electron chi connectivity index (χ3n) is 3.04. The maximum Gasteiger partial charge on any atom is 0.252 e. The molecule has 0 aliphatic rings. The van der Waals surface area contributed by atoms with E-state index in [0.717, 1.165) is 24.1 Å². The largest absolute Gasteiger partial charge is 0.352 e. The molecule has 0 aliphatic carbocycles. The van der Waals surface area contributed by atoms with E-state index >= 15 is 0 Å². The van der Waals surface area contributed by atoms with Crippen molar-refractivity contribution >= 4 is 17.5 Å². The molecule has 0 saturated heterocycles. The van der Waals surface area contributed by atoms with Gasteiger partial charge in [0.15, 0.2) is 0 Å². The van der Waals surface area contributed by atoms with Crippen LogP contribution in [0.2, 0.25) is 5.02 Å². The van der Waals surface area contributed by atoms with E-state index in [4.69, 9.17) is 11.6 Å². The highest BCUT2D eigenvalue weighted by molar-refractivity contribution is 6.34. The van der Waals surface area contributed by atoms with Gasteiger partial charge in [0.2, 0.25) is 0 Å². The Morgan fingerprint density at radius 1 is 1.50 bits per heavy atom. The predicted octanol–water partition coefficient (Wildman–Crippen LogP) is 2.87. The quantitative estimate of drug-likeness (QED) is 0.833. The number of aryl methyl sites for hydroxylation is 2. The van der Waals surface area contributed by atoms with Gasteiger partial charge in [0.1, 0.15) is 5.82 Å². The number of H-pyrrole nitrogens is 1. The number of aromatic nitrogens is 2. The molecule has 0 aliphatic heterocycles. The molecule has 0 radical (unpaired) electrons. The summed E-state index contributed by atoms with van der Waals surface area (Å²) in [4.78, 5) is 11.9. The summed E-state index contributed by atoms with van der Waals surface area (Å²) in [6.07, 6.45) is 3.37. The van der Waals surface area contributed by atoms with Gasteiger partial charge in [-0.25, -0.2) is 4.39 Å². The van der Waals surface area contributed by atoms with Gasteiger partial charge < -0.3 is 5.32 Å². The van der Waals surface area contributed by atoms with Crippen LogP contribution in [0, 0.1) is 12.7 Å². The Labute approximate surface area is 121 Å². The number of aromatic amines is 1. The summed E-state index contributed by atoms with van der Waals surface area (Å²) < 4.78 is 13.2. The van der Waals surface area contributed by atoms with Crippen LogP contribution in [0.5, 0.6) is 0 Å². The number of carbonyl (C=O) groups is 1. The molecular formula is C14H15ClFN3O. The topological polar surface area (TPSA) is 57.8 Å². The highest BCUT2D eigenvalue weighted by Gasteiger charge is 2.12. The van der Waals surface area contributed by atoms with Crippen LogP contribution in [0.4, 0.5) is 4.39 Å². The van der Waals surface area contributed by atoms with Gasteiger partial charge in [0, 0.05) is 12.2 Å². The minimum Gasteiger partial charge on any atom is -0.352 e. The molecule has 0 bridgehead atoms. The summed E-state index contributed by atoms with van der Waals surface area (Å²) >= 11 is 5.75. The third-order valence-corrected chi connectivity index (χ3v) is 3.42. The lowest BCUT2D eigenvalue weighted by atomic mass is 10.1. The van der Waals surface area contributed by atoms with Crippen molar-refractivity contribution in [3.63, 3.8) is 0 Å². The van der Waals surface area contributed by atoms with Crippen molar-refractivity contribution in [1.29, 1.82) is 0 Å². The summed E-state index contributed by atoms with van der Waals surface area (Å²) in [5, 5.41) is 9.38. The second-order valence-electron chi connectivity index (χ2n) is 4.48. The molecule has 0 spiro atoms. The van der Waals surface area contributed by atoms with Crippen LogP contribution in [0.1, 0.15) is 28.0 Å². The van der Waals surface area contributed by atoms with Gasteiger partial charge in [-0.1, -0.05) is 17.7 Å². The first-order chi connectivity index (χ1) is 9.59. The Morgan fingerprint density at radius 2 is 2.30 bits per heavy atom. The minimum absolute atomic E-state index is 0.143. The molecule has 1 aromatic carbocycles. The number of amides is 1. The van der Waals surface area contributed by atoms with E-state index in [0.29, 0.717) is 6.54 Å². The Morgan fingerprint density at radius 3 is 3.00 bits per heavy atom. The van der Waals surface area contributed by atoms with Crippen molar-refractivity contribution < 1.29 is 9.18 Å². The second kappa shape index (κ2) is 6.52. The fraction of sp³-hybridized carbons (Fsp3) is 0.286. The van der Waals surface area contributed by atoms with Crippen molar-refractivity contribution in [2.75, 3.05) is 6.54 Å². The summed E-state index contributed by atoms with van der Waals surface area (Å²) in [7, 11) is 0. The molecule has 4 nitrogen and oxygen atoms in total. The third kappa shape index (κ3) is 3.36. The molecule has 0 fully saturated rings. The molecular weight excluding hydrogens is 281 g/mol. The number of hydrogen-bond acceptors (Lipinski definition) is 2. The fourth-order valence-electron chi connectivity index (χ4n) is 1.88. The van der Waals surface area contributed by atoms with Crippen molar-refractivity contribution in [1.82, 2.24) is 15.5 Å². The number of nitrogens with one attached hydrogen (secondary N) is 2. The zero-order chi connectivity index (χ0) is 14.5. The average Bonchev–Trinajstić information content (AvgIpc) is 2.83. The fourth-order valence-corrected chi connectivity index (χ4v) is 2.09. The number of hydrogen-bond donors (Lipinski definition) is 2. The first kappa shape index (κ1) is 14.5. The second-order valence-corrected chi connectivity index (χ2v) is 4.86. The normalized spacial score (nSPS) is 10.6. The molecule has 2 rings (SSSR count). The molecule has 106 valence electrons. The highest BCUT2D eigenvalue weighted by Crippen LogP contribution is 2.19. The van der Waals surface area contributed by atoms with Gasteiger partial charge >= 0.3 is 0 Å². The molecule has 6 heteroatoms. The summed E-state index contributed by atoms with van der Waals surface area (Å²) in [5.74, 6) is -0.952. The van der Waals surface area contributed by atoms with Gasteiger partial charge in [-0.05, 0) is 37.5 Å². The number of rotatable bonds is 5.